The molecule has 2 aliphatic carbocycles. The van der Waals surface area contributed by atoms with Gasteiger partial charge < -0.3 is 0 Å². The van der Waals surface area contributed by atoms with Gasteiger partial charge in [-0.1, -0.05) is 0 Å². The molecule has 3 heteroatoms. The molecule has 0 aromatic heterocycles. The van der Waals surface area contributed by atoms with Crippen LogP contribution >= 0.6 is 0 Å². The Labute approximate surface area is 214 Å². The molecule has 2 atom stereocenters. The van der Waals surface area contributed by atoms with Crippen molar-refractivity contribution in [3.63, 3.8) is 0 Å². The molecule has 2 aromatic carbocycles. The SMILES string of the molecule is C[SiH](C)[C](=[Zr]=[C](C(C1=CC=CC1)c1ccccc1)[SiH](C)C)C(C1=CC=CC1)c1ccccc1. The average molecular weight is 544 g/mol. The van der Waals surface area contributed by atoms with Crippen LogP contribution in [0, 0.1) is 0 Å². The molecule has 0 aliphatic heterocycles. The first kappa shape index (κ1) is 24.6. The van der Waals surface area contributed by atoms with Gasteiger partial charge in [-0.05, 0) is 0 Å². The zero-order valence-corrected chi connectivity index (χ0v) is 25.2. The van der Waals surface area contributed by atoms with Crippen LogP contribution in [-0.4, -0.2) is 23.3 Å². The number of rotatable bonds is 8. The van der Waals surface area contributed by atoms with Gasteiger partial charge in [0.05, 0.1) is 0 Å². The number of benzene rings is 2. The Morgan fingerprint density at radius 2 is 1.03 bits per heavy atom. The van der Waals surface area contributed by atoms with E-state index in [1.807, 2.05) is 5.66 Å². The molecule has 4 rings (SSSR count). The van der Waals surface area contributed by atoms with Crippen molar-refractivity contribution >= 4 is 23.3 Å². The van der Waals surface area contributed by atoms with E-state index >= 15 is 0 Å². The summed E-state index contributed by atoms with van der Waals surface area (Å²) in [5.41, 5.74) is 6.29. The van der Waals surface area contributed by atoms with Crippen molar-refractivity contribution in [2.45, 2.75) is 50.9 Å². The molecule has 0 saturated carbocycles. The van der Waals surface area contributed by atoms with E-state index in [1.165, 1.54) is 11.1 Å². The molecule has 33 heavy (non-hydrogen) atoms. The molecule has 168 valence electrons. The predicted octanol–water partition coefficient (Wildman–Crippen LogP) is 6.81. The maximum atomic E-state index is 2.59. The van der Waals surface area contributed by atoms with E-state index in [0.29, 0.717) is 11.8 Å². The van der Waals surface area contributed by atoms with E-state index in [-0.39, 0.29) is 0 Å². The van der Waals surface area contributed by atoms with Gasteiger partial charge >= 0.3 is 216 Å². The van der Waals surface area contributed by atoms with Crippen molar-refractivity contribution in [2.24, 2.45) is 0 Å². The Morgan fingerprint density at radius 3 is 1.33 bits per heavy atom. The summed E-state index contributed by atoms with van der Waals surface area (Å²) in [4.78, 5) is 0. The van der Waals surface area contributed by atoms with Crippen molar-refractivity contribution in [3.05, 3.63) is 119 Å². The zero-order chi connectivity index (χ0) is 23.2. The van der Waals surface area contributed by atoms with Crippen LogP contribution in [0.1, 0.15) is 35.8 Å². The summed E-state index contributed by atoms with van der Waals surface area (Å²) in [6.45, 7) is 10.3. The molecule has 0 heterocycles. The molecule has 2 aliphatic rings. The number of hydrogen-bond acceptors (Lipinski definition) is 0. The maximum absolute atomic E-state index is 2.59. The molecule has 2 unspecified atom stereocenters. The summed E-state index contributed by atoms with van der Waals surface area (Å²) in [5, 5.41) is 0. The summed E-state index contributed by atoms with van der Waals surface area (Å²) < 4.78 is 3.98. The molecule has 0 saturated heterocycles. The molecule has 0 nitrogen and oxygen atoms in total. The third-order valence-electron chi connectivity index (χ3n) is 6.76. The molecule has 0 spiro atoms. The fourth-order valence-corrected chi connectivity index (χ4v) is 18.3. The standard InChI is InChI=1S/2C15H18Si.Zr/c2*1-16(2)12-15(14-10-6-7-11-14)13-8-4-3-5-9-13;/h2*3-10,15-16H,11H2,1-2H3;. The van der Waals surface area contributed by atoms with Crippen LogP contribution in [0.4, 0.5) is 0 Å². The molecule has 0 radical (unpaired) electrons. The van der Waals surface area contributed by atoms with Gasteiger partial charge in [-0.15, -0.1) is 0 Å². The van der Waals surface area contributed by atoms with Gasteiger partial charge in [-0.25, -0.2) is 0 Å². The van der Waals surface area contributed by atoms with E-state index in [0.717, 1.165) is 12.8 Å². The first-order chi connectivity index (χ1) is 16.1. The second kappa shape index (κ2) is 11.7. The van der Waals surface area contributed by atoms with Crippen molar-refractivity contribution in [1.82, 2.24) is 0 Å². The second-order valence-electron chi connectivity index (χ2n) is 9.78. The molecular formula is C30H36Si2Zr. The van der Waals surface area contributed by atoms with E-state index in [2.05, 4.69) is 123 Å². The fraction of sp³-hybridized carbons (Fsp3) is 0.267. The summed E-state index contributed by atoms with van der Waals surface area (Å²) >= 11 is -0.863. The van der Waals surface area contributed by atoms with Gasteiger partial charge in [0.25, 0.3) is 0 Å². The third-order valence-corrected chi connectivity index (χ3v) is 23.0. The van der Waals surface area contributed by atoms with Crippen molar-refractivity contribution in [2.75, 3.05) is 0 Å². The van der Waals surface area contributed by atoms with Crippen LogP contribution in [0.3, 0.4) is 0 Å². The van der Waals surface area contributed by atoms with Gasteiger partial charge in [-0.2, -0.15) is 0 Å². The van der Waals surface area contributed by atoms with Crippen molar-refractivity contribution in [3.8, 4) is 0 Å². The van der Waals surface area contributed by atoms with E-state index in [1.54, 1.807) is 11.1 Å². The Kier molecular flexibility index (Phi) is 8.74. The van der Waals surface area contributed by atoms with Crippen LogP contribution in [0.15, 0.2) is 108 Å². The minimum atomic E-state index is -0.945. The van der Waals surface area contributed by atoms with Gasteiger partial charge in [0.1, 0.15) is 0 Å². The van der Waals surface area contributed by atoms with Gasteiger partial charge in [-0.3, -0.25) is 0 Å². The first-order valence-corrected chi connectivity index (χ1v) is 20.6. The fourth-order valence-electron chi connectivity index (χ4n) is 5.10. The van der Waals surface area contributed by atoms with Crippen LogP contribution in [0.5, 0.6) is 0 Å². The van der Waals surface area contributed by atoms with Crippen LogP contribution < -0.4 is 0 Å². The molecule has 0 N–H and O–H groups in total. The summed E-state index contributed by atoms with van der Waals surface area (Å²) in [6, 6.07) is 22.8. The van der Waals surface area contributed by atoms with Crippen molar-refractivity contribution < 1.29 is 22.3 Å². The van der Waals surface area contributed by atoms with Crippen LogP contribution in [-0.2, 0) is 22.3 Å². The zero-order valence-electron chi connectivity index (χ0n) is 20.5. The van der Waals surface area contributed by atoms with Crippen LogP contribution in [0.25, 0.3) is 0 Å². The summed E-state index contributed by atoms with van der Waals surface area (Å²) in [5.74, 6) is 1.07. The van der Waals surface area contributed by atoms with E-state index in [4.69, 9.17) is 0 Å². The Morgan fingerprint density at radius 1 is 0.636 bits per heavy atom. The minimum absolute atomic E-state index is 0.536. The average Bonchev–Trinajstić information content (AvgIpc) is 3.54. The quantitative estimate of drug-likeness (QED) is 0.321. The Hall–Kier alpha value is -1.54. The third kappa shape index (κ3) is 5.94. The monoisotopic (exact) mass is 542 g/mol. The number of allylic oxidation sites excluding steroid dienone is 8. The predicted molar refractivity (Wildman–Crippen MR) is 150 cm³/mol. The van der Waals surface area contributed by atoms with Gasteiger partial charge in [0, 0.05) is 0 Å². The summed E-state index contributed by atoms with van der Waals surface area (Å²) in [7, 11) is -1.89. The topological polar surface area (TPSA) is 0 Å². The second-order valence-corrected chi connectivity index (χ2v) is 21.9. The van der Waals surface area contributed by atoms with Crippen LogP contribution in [0.2, 0.25) is 26.2 Å². The molecule has 0 bridgehead atoms. The Balaban J connectivity index is 1.95. The molecular weight excluding hydrogens is 508 g/mol. The molecule has 2 aromatic rings. The van der Waals surface area contributed by atoms with Crippen molar-refractivity contribution in [1.29, 1.82) is 0 Å². The molecule has 0 amide bonds. The van der Waals surface area contributed by atoms with E-state index in [9.17, 15) is 0 Å². The normalized spacial score (nSPS) is 16.5. The van der Waals surface area contributed by atoms with Gasteiger partial charge in [0.15, 0.2) is 0 Å². The number of hydrogen-bond donors (Lipinski definition) is 0. The van der Waals surface area contributed by atoms with Gasteiger partial charge in [0.2, 0.25) is 0 Å². The Bertz CT molecular complexity index is 1050. The van der Waals surface area contributed by atoms with E-state index < -0.39 is 39.9 Å². The summed E-state index contributed by atoms with van der Waals surface area (Å²) in [6.07, 6.45) is 16.3. The first-order valence-electron chi connectivity index (χ1n) is 12.4. The molecule has 0 fully saturated rings.